The van der Waals surface area contributed by atoms with E-state index in [2.05, 4.69) is 0 Å². The fraction of sp³-hybridized carbons (Fsp3) is 0.353. The van der Waals surface area contributed by atoms with E-state index in [4.69, 9.17) is 4.74 Å². The number of esters is 1. The molecular formula is C17H16N2O6. The summed E-state index contributed by atoms with van der Waals surface area (Å²) in [5, 5.41) is 10.6. The summed E-state index contributed by atoms with van der Waals surface area (Å²) in [7, 11) is 0. The van der Waals surface area contributed by atoms with Gasteiger partial charge in [0.2, 0.25) is 11.8 Å². The lowest BCUT2D eigenvalue weighted by atomic mass is 9.85. The number of allylic oxidation sites excluding steroid dienone is 2. The van der Waals surface area contributed by atoms with Crippen LogP contribution >= 0.6 is 0 Å². The van der Waals surface area contributed by atoms with Gasteiger partial charge in [-0.15, -0.1) is 0 Å². The summed E-state index contributed by atoms with van der Waals surface area (Å²) in [4.78, 5) is 47.6. The Hall–Kier alpha value is -3.03. The zero-order chi connectivity index (χ0) is 18.0. The second-order valence-electron chi connectivity index (χ2n) is 5.96. The normalized spacial score (nSPS) is 22.0. The molecule has 2 atom stereocenters. The maximum atomic E-state index is 12.3. The van der Waals surface area contributed by atoms with Crippen LogP contribution in [0.5, 0.6) is 5.75 Å². The van der Waals surface area contributed by atoms with Gasteiger partial charge in [-0.25, -0.2) is 0 Å². The number of hydrogen-bond acceptors (Lipinski definition) is 6. The number of fused-ring (bicyclic) bond motifs is 1. The number of nitro benzene ring substituents is 1. The third kappa shape index (κ3) is 3.42. The Morgan fingerprint density at radius 1 is 1.12 bits per heavy atom. The third-order valence-electron chi connectivity index (χ3n) is 4.42. The molecule has 0 aromatic heterocycles. The Bertz CT molecular complexity index is 729. The molecule has 1 aromatic rings. The van der Waals surface area contributed by atoms with Gasteiger partial charge in [0, 0.05) is 18.7 Å². The van der Waals surface area contributed by atoms with Crippen LogP contribution in [0.2, 0.25) is 0 Å². The van der Waals surface area contributed by atoms with Crippen molar-refractivity contribution in [3.8, 4) is 5.75 Å². The topological polar surface area (TPSA) is 107 Å². The fourth-order valence-electron chi connectivity index (χ4n) is 3.11. The van der Waals surface area contributed by atoms with Crippen molar-refractivity contribution in [3.05, 3.63) is 46.5 Å². The Morgan fingerprint density at radius 3 is 2.20 bits per heavy atom. The summed E-state index contributed by atoms with van der Waals surface area (Å²) in [5.41, 5.74) is -0.107. The first-order valence-electron chi connectivity index (χ1n) is 7.92. The van der Waals surface area contributed by atoms with Crippen LogP contribution in [0, 0.1) is 22.0 Å². The van der Waals surface area contributed by atoms with E-state index in [1.54, 1.807) is 0 Å². The first-order valence-corrected chi connectivity index (χ1v) is 7.92. The molecule has 0 N–H and O–H groups in total. The minimum Gasteiger partial charge on any atom is -0.426 e. The zero-order valence-electron chi connectivity index (χ0n) is 13.3. The van der Waals surface area contributed by atoms with E-state index >= 15 is 0 Å². The maximum absolute atomic E-state index is 12.3. The van der Waals surface area contributed by atoms with Crippen LogP contribution in [-0.2, 0) is 14.4 Å². The van der Waals surface area contributed by atoms with Crippen molar-refractivity contribution in [2.24, 2.45) is 11.8 Å². The van der Waals surface area contributed by atoms with Gasteiger partial charge in [0.05, 0.1) is 23.2 Å². The molecule has 1 fully saturated rings. The van der Waals surface area contributed by atoms with Crippen LogP contribution < -0.4 is 4.74 Å². The number of imide groups is 1. The zero-order valence-corrected chi connectivity index (χ0v) is 13.3. The number of rotatable bonds is 5. The molecule has 25 heavy (non-hydrogen) atoms. The van der Waals surface area contributed by atoms with Crippen molar-refractivity contribution in [2.75, 3.05) is 6.54 Å². The van der Waals surface area contributed by atoms with Crippen LogP contribution in [0.4, 0.5) is 5.69 Å². The highest BCUT2D eigenvalue weighted by molar-refractivity contribution is 6.05. The number of nitro groups is 1. The summed E-state index contributed by atoms with van der Waals surface area (Å²) in [6.07, 6.45) is 4.79. The van der Waals surface area contributed by atoms with E-state index in [0.717, 1.165) is 4.90 Å². The van der Waals surface area contributed by atoms with E-state index < -0.39 is 10.9 Å². The summed E-state index contributed by atoms with van der Waals surface area (Å²) < 4.78 is 5.07. The second kappa shape index (κ2) is 6.84. The molecule has 1 aliphatic carbocycles. The van der Waals surface area contributed by atoms with Gasteiger partial charge < -0.3 is 4.74 Å². The van der Waals surface area contributed by atoms with Crippen LogP contribution in [-0.4, -0.2) is 34.2 Å². The molecule has 0 unspecified atom stereocenters. The smallest absolute Gasteiger partial charge is 0.312 e. The van der Waals surface area contributed by atoms with E-state index in [-0.39, 0.29) is 48.1 Å². The number of carbonyl (C=O) groups excluding carboxylic acids is 3. The van der Waals surface area contributed by atoms with Crippen molar-refractivity contribution in [1.29, 1.82) is 0 Å². The molecule has 3 rings (SSSR count). The van der Waals surface area contributed by atoms with E-state index in [9.17, 15) is 24.5 Å². The van der Waals surface area contributed by atoms with Gasteiger partial charge in [-0.1, -0.05) is 12.2 Å². The average molecular weight is 344 g/mol. The molecule has 8 nitrogen and oxygen atoms in total. The predicted molar refractivity (Wildman–Crippen MR) is 85.4 cm³/mol. The highest BCUT2D eigenvalue weighted by Crippen LogP contribution is 2.35. The number of amides is 2. The van der Waals surface area contributed by atoms with Crippen molar-refractivity contribution >= 4 is 23.5 Å². The van der Waals surface area contributed by atoms with Gasteiger partial charge in [0.15, 0.2) is 0 Å². The predicted octanol–water partition coefficient (Wildman–Crippen LogP) is 1.84. The number of ether oxygens (including phenoxy) is 1. The lowest BCUT2D eigenvalue weighted by Crippen LogP contribution is -2.33. The number of hydrogen-bond donors (Lipinski definition) is 0. The van der Waals surface area contributed by atoms with Gasteiger partial charge >= 0.3 is 5.97 Å². The number of nitrogens with zero attached hydrogens (tertiary/aromatic N) is 2. The van der Waals surface area contributed by atoms with Crippen LogP contribution in [0.3, 0.4) is 0 Å². The molecule has 130 valence electrons. The fourth-order valence-corrected chi connectivity index (χ4v) is 3.11. The number of benzene rings is 1. The van der Waals surface area contributed by atoms with Gasteiger partial charge in [-0.05, 0) is 25.0 Å². The molecule has 0 bridgehead atoms. The molecule has 8 heteroatoms. The highest BCUT2D eigenvalue weighted by atomic mass is 16.6. The largest absolute Gasteiger partial charge is 0.426 e. The van der Waals surface area contributed by atoms with Crippen LogP contribution in [0.15, 0.2) is 36.4 Å². The molecule has 1 saturated heterocycles. The van der Waals surface area contributed by atoms with Gasteiger partial charge in [-0.3, -0.25) is 29.4 Å². The van der Waals surface area contributed by atoms with Crippen molar-refractivity contribution in [2.45, 2.75) is 19.3 Å². The Balaban J connectivity index is 1.55. The van der Waals surface area contributed by atoms with Crippen molar-refractivity contribution < 1.29 is 24.0 Å². The second-order valence-corrected chi connectivity index (χ2v) is 5.96. The molecule has 0 spiro atoms. The Labute approximate surface area is 143 Å². The average Bonchev–Trinajstić information content (AvgIpc) is 2.85. The molecular weight excluding hydrogens is 328 g/mol. The summed E-state index contributed by atoms with van der Waals surface area (Å²) in [5.74, 6) is -1.54. The minimum absolute atomic E-state index is 0.0174. The van der Waals surface area contributed by atoms with Crippen LogP contribution in [0.1, 0.15) is 19.3 Å². The van der Waals surface area contributed by atoms with Gasteiger partial charge in [0.25, 0.3) is 5.69 Å². The van der Waals surface area contributed by atoms with E-state index in [1.807, 2.05) is 12.2 Å². The highest BCUT2D eigenvalue weighted by Gasteiger charge is 2.46. The van der Waals surface area contributed by atoms with Crippen molar-refractivity contribution in [1.82, 2.24) is 4.90 Å². The monoisotopic (exact) mass is 344 g/mol. The Morgan fingerprint density at radius 2 is 1.68 bits per heavy atom. The quantitative estimate of drug-likeness (QED) is 0.201. The summed E-state index contributed by atoms with van der Waals surface area (Å²) in [6, 6.07) is 5.10. The maximum Gasteiger partial charge on any atom is 0.312 e. The standard InChI is InChI=1S/C17H16N2O6/c20-15(25-12-7-5-11(6-8-12)19(23)24)9-10-18-16(21)13-3-1-2-4-14(13)17(18)22/h1-2,5-8,13-14H,3-4,9-10H2/t13-,14+. The minimum atomic E-state index is -0.609. The first-order chi connectivity index (χ1) is 12.0. The molecule has 2 amide bonds. The number of non-ortho nitro benzene ring substituents is 1. The third-order valence-corrected chi connectivity index (χ3v) is 4.42. The molecule has 0 radical (unpaired) electrons. The summed E-state index contributed by atoms with van der Waals surface area (Å²) in [6.45, 7) is -0.0174. The lowest BCUT2D eigenvalue weighted by Gasteiger charge is -2.14. The molecule has 1 heterocycles. The molecule has 1 aromatic carbocycles. The van der Waals surface area contributed by atoms with Crippen molar-refractivity contribution in [3.63, 3.8) is 0 Å². The molecule has 1 aliphatic heterocycles. The molecule has 2 aliphatic rings. The molecule has 0 saturated carbocycles. The SMILES string of the molecule is O=C(CCN1C(=O)[C@H]2CC=CC[C@H]2C1=O)Oc1ccc([N+](=O)[O-])cc1. The number of likely N-dealkylation sites (tertiary alicyclic amines) is 1. The van der Waals surface area contributed by atoms with E-state index in [0.29, 0.717) is 12.8 Å². The summed E-state index contributed by atoms with van der Waals surface area (Å²) >= 11 is 0. The first kappa shape index (κ1) is 16.8. The lowest BCUT2D eigenvalue weighted by molar-refractivity contribution is -0.384. The Kier molecular flexibility index (Phi) is 4.60. The van der Waals surface area contributed by atoms with E-state index in [1.165, 1.54) is 24.3 Å². The van der Waals surface area contributed by atoms with Crippen LogP contribution in [0.25, 0.3) is 0 Å². The van der Waals surface area contributed by atoms with Gasteiger partial charge in [0.1, 0.15) is 5.75 Å². The number of carbonyl (C=O) groups is 3. The van der Waals surface area contributed by atoms with Gasteiger partial charge in [-0.2, -0.15) is 0 Å².